The van der Waals surface area contributed by atoms with E-state index in [1.807, 2.05) is 0 Å². The summed E-state index contributed by atoms with van der Waals surface area (Å²) in [6, 6.07) is 0.675. The lowest BCUT2D eigenvalue weighted by Crippen LogP contribution is -2.41. The molecule has 2 fully saturated rings. The highest BCUT2D eigenvalue weighted by atomic mass is 16.5. The zero-order valence-electron chi connectivity index (χ0n) is 12.0. The van der Waals surface area contributed by atoms with Gasteiger partial charge in [0.15, 0.2) is 0 Å². The van der Waals surface area contributed by atoms with Crippen molar-refractivity contribution in [3.8, 4) is 0 Å². The average Bonchev–Trinajstić information content (AvgIpc) is 2.84. The molecule has 2 saturated heterocycles. The van der Waals surface area contributed by atoms with E-state index in [-0.39, 0.29) is 0 Å². The molecule has 0 aromatic heterocycles. The molecule has 2 heteroatoms. The number of hydrogen-bond acceptors (Lipinski definition) is 2. The van der Waals surface area contributed by atoms with Gasteiger partial charge in [0.25, 0.3) is 0 Å². The Morgan fingerprint density at radius 2 is 2.06 bits per heavy atom. The Balaban J connectivity index is 1.88. The third kappa shape index (κ3) is 3.45. The summed E-state index contributed by atoms with van der Waals surface area (Å²) in [6.07, 6.45) is 7.65. The van der Waals surface area contributed by atoms with Crippen LogP contribution in [-0.4, -0.2) is 24.8 Å². The quantitative estimate of drug-likeness (QED) is 0.794. The Morgan fingerprint density at radius 1 is 1.29 bits per heavy atom. The molecule has 4 unspecified atom stereocenters. The molecule has 1 N–H and O–H groups in total. The highest BCUT2D eigenvalue weighted by Gasteiger charge is 2.44. The molecule has 0 amide bonds. The average molecular weight is 239 g/mol. The third-order valence-electron chi connectivity index (χ3n) is 4.34. The molecule has 2 aliphatic rings. The number of ether oxygens (including phenoxy) is 1. The molecule has 0 spiro atoms. The number of rotatable bonds is 5. The normalized spacial score (nSPS) is 34.2. The van der Waals surface area contributed by atoms with Crippen molar-refractivity contribution in [3.05, 3.63) is 0 Å². The molecule has 100 valence electrons. The van der Waals surface area contributed by atoms with Crippen LogP contribution in [0.2, 0.25) is 0 Å². The number of hydrogen-bond donors (Lipinski definition) is 1. The fourth-order valence-corrected chi connectivity index (χ4v) is 3.42. The second kappa shape index (κ2) is 5.27. The first-order valence-electron chi connectivity index (χ1n) is 7.38. The van der Waals surface area contributed by atoms with Gasteiger partial charge in [0.2, 0.25) is 0 Å². The predicted molar refractivity (Wildman–Crippen MR) is 72.2 cm³/mol. The largest absolute Gasteiger partial charge is 0.375 e. The Labute approximate surface area is 107 Å². The van der Waals surface area contributed by atoms with Crippen LogP contribution >= 0.6 is 0 Å². The van der Waals surface area contributed by atoms with Crippen LogP contribution in [0.5, 0.6) is 0 Å². The van der Waals surface area contributed by atoms with Crippen LogP contribution in [-0.2, 0) is 4.74 Å². The molecular formula is C15H29NO. The van der Waals surface area contributed by atoms with Crippen molar-refractivity contribution in [1.82, 2.24) is 5.32 Å². The van der Waals surface area contributed by atoms with E-state index in [4.69, 9.17) is 4.74 Å². The predicted octanol–water partition coefficient (Wildman–Crippen LogP) is 3.36. The summed E-state index contributed by atoms with van der Waals surface area (Å²) >= 11 is 0. The van der Waals surface area contributed by atoms with Gasteiger partial charge in [-0.1, -0.05) is 27.7 Å². The monoisotopic (exact) mass is 239 g/mol. The maximum atomic E-state index is 6.00. The van der Waals surface area contributed by atoms with Gasteiger partial charge < -0.3 is 10.1 Å². The standard InChI is InChI=1S/C15H29NO/c1-5-16-13(8-9-15(2,3)4)12-10-11-6-7-14(12)17-11/h11-14,16H,5-10H2,1-4H3. The van der Waals surface area contributed by atoms with E-state index in [1.165, 1.54) is 32.1 Å². The van der Waals surface area contributed by atoms with E-state index in [0.29, 0.717) is 23.7 Å². The molecule has 0 aliphatic carbocycles. The fourth-order valence-electron chi connectivity index (χ4n) is 3.42. The first kappa shape index (κ1) is 13.4. The van der Waals surface area contributed by atoms with Crippen molar-refractivity contribution < 1.29 is 4.74 Å². The number of fused-ring (bicyclic) bond motifs is 2. The van der Waals surface area contributed by atoms with Crippen molar-refractivity contribution in [2.75, 3.05) is 6.54 Å². The van der Waals surface area contributed by atoms with Crippen LogP contribution in [0.4, 0.5) is 0 Å². The molecule has 2 rings (SSSR count). The fraction of sp³-hybridized carbons (Fsp3) is 1.00. The van der Waals surface area contributed by atoms with Crippen molar-refractivity contribution >= 4 is 0 Å². The summed E-state index contributed by atoms with van der Waals surface area (Å²) < 4.78 is 6.00. The maximum absolute atomic E-state index is 6.00. The van der Waals surface area contributed by atoms with Crippen molar-refractivity contribution in [2.45, 2.75) is 78.0 Å². The van der Waals surface area contributed by atoms with Gasteiger partial charge in [0.1, 0.15) is 0 Å². The van der Waals surface area contributed by atoms with Crippen LogP contribution in [0.15, 0.2) is 0 Å². The first-order valence-corrected chi connectivity index (χ1v) is 7.38. The van der Waals surface area contributed by atoms with Crippen LogP contribution in [0.3, 0.4) is 0 Å². The maximum Gasteiger partial charge on any atom is 0.0623 e. The van der Waals surface area contributed by atoms with Gasteiger partial charge in [-0.15, -0.1) is 0 Å². The minimum Gasteiger partial charge on any atom is -0.375 e. The van der Waals surface area contributed by atoms with E-state index in [2.05, 4.69) is 33.0 Å². The van der Waals surface area contributed by atoms with Crippen LogP contribution < -0.4 is 5.32 Å². The molecule has 2 aliphatic heterocycles. The van der Waals surface area contributed by atoms with Gasteiger partial charge >= 0.3 is 0 Å². The minimum atomic E-state index is 0.451. The molecule has 0 radical (unpaired) electrons. The van der Waals surface area contributed by atoms with Crippen molar-refractivity contribution in [2.24, 2.45) is 11.3 Å². The van der Waals surface area contributed by atoms with Crippen LogP contribution in [0, 0.1) is 11.3 Å². The second-order valence-corrected chi connectivity index (χ2v) is 7.04. The third-order valence-corrected chi connectivity index (χ3v) is 4.34. The molecule has 2 heterocycles. The van der Waals surface area contributed by atoms with Gasteiger partial charge in [-0.3, -0.25) is 0 Å². The Bertz CT molecular complexity index is 246. The Morgan fingerprint density at radius 3 is 2.53 bits per heavy atom. The Kier molecular flexibility index (Phi) is 4.14. The molecule has 4 atom stereocenters. The van der Waals surface area contributed by atoms with Gasteiger partial charge in [0.05, 0.1) is 12.2 Å². The molecular weight excluding hydrogens is 210 g/mol. The summed E-state index contributed by atoms with van der Waals surface area (Å²) in [7, 11) is 0. The van der Waals surface area contributed by atoms with E-state index < -0.39 is 0 Å². The molecule has 2 nitrogen and oxygen atoms in total. The van der Waals surface area contributed by atoms with Crippen LogP contribution in [0.1, 0.15) is 59.8 Å². The summed E-state index contributed by atoms with van der Waals surface area (Å²) in [5, 5.41) is 3.70. The van der Waals surface area contributed by atoms with Crippen LogP contribution in [0.25, 0.3) is 0 Å². The Hall–Kier alpha value is -0.0800. The topological polar surface area (TPSA) is 21.3 Å². The summed E-state index contributed by atoms with van der Waals surface area (Å²) in [4.78, 5) is 0. The lowest BCUT2D eigenvalue weighted by Gasteiger charge is -2.31. The first-order chi connectivity index (χ1) is 7.99. The molecule has 2 bridgehead atoms. The zero-order valence-corrected chi connectivity index (χ0v) is 12.0. The molecule has 0 aromatic carbocycles. The van der Waals surface area contributed by atoms with Gasteiger partial charge in [0, 0.05) is 12.0 Å². The summed E-state index contributed by atoms with van der Waals surface area (Å²) in [6.45, 7) is 10.3. The van der Waals surface area contributed by atoms with Gasteiger partial charge in [-0.2, -0.15) is 0 Å². The SMILES string of the molecule is CCNC(CCC(C)(C)C)C1CC2CCC1O2. The summed E-state index contributed by atoms with van der Waals surface area (Å²) in [5.74, 6) is 0.774. The highest BCUT2D eigenvalue weighted by molar-refractivity contribution is 4.95. The zero-order chi connectivity index (χ0) is 12.5. The van der Waals surface area contributed by atoms with Gasteiger partial charge in [-0.25, -0.2) is 0 Å². The van der Waals surface area contributed by atoms with Gasteiger partial charge in [-0.05, 0) is 44.1 Å². The van der Waals surface area contributed by atoms with E-state index in [0.717, 1.165) is 12.5 Å². The lowest BCUT2D eigenvalue weighted by molar-refractivity contribution is 0.0839. The number of nitrogens with one attached hydrogen (secondary N) is 1. The van der Waals surface area contributed by atoms with Crippen molar-refractivity contribution in [3.63, 3.8) is 0 Å². The lowest BCUT2D eigenvalue weighted by atomic mass is 9.79. The van der Waals surface area contributed by atoms with E-state index >= 15 is 0 Å². The summed E-state index contributed by atoms with van der Waals surface area (Å²) in [5.41, 5.74) is 0.451. The minimum absolute atomic E-state index is 0.451. The second-order valence-electron chi connectivity index (χ2n) is 7.04. The van der Waals surface area contributed by atoms with E-state index in [1.54, 1.807) is 0 Å². The van der Waals surface area contributed by atoms with Crippen molar-refractivity contribution in [1.29, 1.82) is 0 Å². The smallest absolute Gasteiger partial charge is 0.0623 e. The molecule has 0 saturated carbocycles. The molecule has 0 aromatic rings. The van der Waals surface area contributed by atoms with E-state index in [9.17, 15) is 0 Å². The molecule has 17 heavy (non-hydrogen) atoms. The highest BCUT2D eigenvalue weighted by Crippen LogP contribution is 2.41.